The van der Waals surface area contributed by atoms with Crippen molar-refractivity contribution in [3.8, 4) is 0 Å². The standard InChI is InChI=1S/C24H24N2O3S/c27-24(25-16-15-19-8-3-1-4-9-19)21-13-14-23-20(18-21)10-7-17-26(23)30(28,29)22-11-5-2-6-12-22/h1-6,8-9,11-14,18H,7,10,15-17H2,(H,25,27). The third kappa shape index (κ3) is 4.24. The van der Waals surface area contributed by atoms with Gasteiger partial charge in [0.05, 0.1) is 10.6 Å². The monoisotopic (exact) mass is 420 g/mol. The average molecular weight is 421 g/mol. The number of carbonyl (C=O) groups excluding carboxylic acids is 1. The minimum atomic E-state index is -3.62. The van der Waals surface area contributed by atoms with Crippen molar-refractivity contribution in [3.05, 3.63) is 95.6 Å². The number of rotatable bonds is 6. The molecule has 6 heteroatoms. The number of sulfonamides is 1. The van der Waals surface area contributed by atoms with E-state index in [2.05, 4.69) is 5.32 Å². The van der Waals surface area contributed by atoms with Crippen molar-refractivity contribution >= 4 is 21.6 Å². The lowest BCUT2D eigenvalue weighted by Crippen LogP contribution is -2.35. The summed E-state index contributed by atoms with van der Waals surface area (Å²) in [5.74, 6) is -0.142. The van der Waals surface area contributed by atoms with Gasteiger partial charge in [-0.2, -0.15) is 0 Å². The Labute approximate surface area is 177 Å². The van der Waals surface area contributed by atoms with Crippen LogP contribution >= 0.6 is 0 Å². The van der Waals surface area contributed by atoms with E-state index in [1.54, 1.807) is 42.5 Å². The highest BCUT2D eigenvalue weighted by molar-refractivity contribution is 7.92. The van der Waals surface area contributed by atoms with Crippen LogP contribution in [0.4, 0.5) is 5.69 Å². The van der Waals surface area contributed by atoms with Crippen molar-refractivity contribution in [3.63, 3.8) is 0 Å². The molecule has 1 aliphatic rings. The lowest BCUT2D eigenvalue weighted by atomic mass is 10.0. The van der Waals surface area contributed by atoms with Crippen molar-refractivity contribution in [2.75, 3.05) is 17.4 Å². The van der Waals surface area contributed by atoms with Gasteiger partial charge in [0.2, 0.25) is 0 Å². The number of aryl methyl sites for hydroxylation is 1. The molecule has 5 nitrogen and oxygen atoms in total. The Morgan fingerprint density at radius 3 is 2.37 bits per heavy atom. The minimum absolute atomic E-state index is 0.142. The second-order valence-corrected chi connectivity index (χ2v) is 9.19. The summed E-state index contributed by atoms with van der Waals surface area (Å²) in [7, 11) is -3.62. The summed E-state index contributed by atoms with van der Waals surface area (Å²) in [5.41, 5.74) is 3.27. The second-order valence-electron chi connectivity index (χ2n) is 7.33. The Kier molecular flexibility index (Phi) is 5.86. The van der Waals surface area contributed by atoms with Crippen LogP contribution in [0.5, 0.6) is 0 Å². The van der Waals surface area contributed by atoms with Gasteiger partial charge in [0.25, 0.3) is 15.9 Å². The highest BCUT2D eigenvalue weighted by atomic mass is 32.2. The van der Waals surface area contributed by atoms with Crippen LogP contribution in [0.25, 0.3) is 0 Å². The summed E-state index contributed by atoms with van der Waals surface area (Å²) in [6.07, 6.45) is 2.24. The molecular formula is C24H24N2O3S. The molecule has 0 radical (unpaired) electrons. The molecule has 1 amide bonds. The van der Waals surface area contributed by atoms with E-state index in [1.165, 1.54) is 9.87 Å². The van der Waals surface area contributed by atoms with E-state index < -0.39 is 10.0 Å². The molecule has 1 N–H and O–H groups in total. The fourth-order valence-electron chi connectivity index (χ4n) is 3.74. The van der Waals surface area contributed by atoms with Gasteiger partial charge in [-0.25, -0.2) is 8.42 Å². The molecule has 0 saturated heterocycles. The van der Waals surface area contributed by atoms with Crippen LogP contribution < -0.4 is 9.62 Å². The first-order valence-electron chi connectivity index (χ1n) is 10.1. The predicted octanol–water partition coefficient (Wildman–Crippen LogP) is 3.80. The van der Waals surface area contributed by atoms with Crippen LogP contribution in [0.1, 0.15) is 27.9 Å². The van der Waals surface area contributed by atoms with Gasteiger partial charge in [0.1, 0.15) is 0 Å². The quantitative estimate of drug-likeness (QED) is 0.660. The zero-order valence-electron chi connectivity index (χ0n) is 16.6. The maximum absolute atomic E-state index is 13.1. The maximum Gasteiger partial charge on any atom is 0.264 e. The third-order valence-electron chi connectivity index (χ3n) is 5.29. The molecule has 0 spiro atoms. The van der Waals surface area contributed by atoms with Gasteiger partial charge in [-0.05, 0) is 60.7 Å². The third-order valence-corrected chi connectivity index (χ3v) is 7.12. The average Bonchev–Trinajstić information content (AvgIpc) is 2.79. The number of benzene rings is 3. The Balaban J connectivity index is 1.50. The Bertz CT molecular complexity index is 1130. The maximum atomic E-state index is 13.1. The van der Waals surface area contributed by atoms with Crippen LogP contribution in [0.3, 0.4) is 0 Å². The van der Waals surface area contributed by atoms with Crippen LogP contribution in [0.2, 0.25) is 0 Å². The predicted molar refractivity (Wildman–Crippen MR) is 118 cm³/mol. The van der Waals surface area contributed by atoms with Crippen LogP contribution in [0.15, 0.2) is 83.8 Å². The summed E-state index contributed by atoms with van der Waals surface area (Å²) >= 11 is 0. The van der Waals surface area contributed by atoms with Gasteiger partial charge in [-0.3, -0.25) is 9.10 Å². The Morgan fingerprint density at radius 2 is 1.63 bits per heavy atom. The van der Waals surface area contributed by atoms with Crippen molar-refractivity contribution in [2.24, 2.45) is 0 Å². The van der Waals surface area contributed by atoms with Crippen molar-refractivity contribution in [1.29, 1.82) is 0 Å². The number of amides is 1. The fourth-order valence-corrected chi connectivity index (χ4v) is 5.30. The van der Waals surface area contributed by atoms with Gasteiger partial charge in [0.15, 0.2) is 0 Å². The van der Waals surface area contributed by atoms with Gasteiger partial charge in [0, 0.05) is 18.7 Å². The zero-order chi connectivity index (χ0) is 21.0. The lowest BCUT2D eigenvalue weighted by Gasteiger charge is -2.30. The van der Waals surface area contributed by atoms with Crippen LogP contribution in [0, 0.1) is 0 Å². The van der Waals surface area contributed by atoms with Gasteiger partial charge >= 0.3 is 0 Å². The number of fused-ring (bicyclic) bond motifs is 1. The van der Waals surface area contributed by atoms with E-state index in [0.717, 1.165) is 24.8 Å². The Morgan fingerprint density at radius 1 is 0.933 bits per heavy atom. The molecule has 0 aromatic heterocycles. The largest absolute Gasteiger partial charge is 0.352 e. The summed E-state index contributed by atoms with van der Waals surface area (Å²) in [4.78, 5) is 12.9. The lowest BCUT2D eigenvalue weighted by molar-refractivity contribution is 0.0954. The highest BCUT2D eigenvalue weighted by Gasteiger charge is 2.29. The highest BCUT2D eigenvalue weighted by Crippen LogP contribution is 2.32. The number of hydrogen-bond donors (Lipinski definition) is 1. The first-order chi connectivity index (χ1) is 14.6. The van der Waals surface area contributed by atoms with E-state index in [9.17, 15) is 13.2 Å². The summed E-state index contributed by atoms with van der Waals surface area (Å²) < 4.78 is 27.6. The first-order valence-corrected chi connectivity index (χ1v) is 11.5. The van der Waals surface area contributed by atoms with Crippen LogP contribution in [-0.4, -0.2) is 27.4 Å². The van der Waals surface area contributed by atoms with Gasteiger partial charge in [-0.15, -0.1) is 0 Å². The van der Waals surface area contributed by atoms with Crippen LogP contribution in [-0.2, 0) is 22.9 Å². The van der Waals surface area contributed by atoms with Crippen molar-refractivity contribution < 1.29 is 13.2 Å². The Hall–Kier alpha value is -3.12. The number of nitrogens with one attached hydrogen (secondary N) is 1. The number of nitrogens with zero attached hydrogens (tertiary/aromatic N) is 1. The molecule has 4 rings (SSSR count). The molecule has 3 aromatic rings. The molecule has 1 aliphatic heterocycles. The summed E-state index contributed by atoms with van der Waals surface area (Å²) in [5, 5.41) is 2.95. The minimum Gasteiger partial charge on any atom is -0.352 e. The van der Waals surface area contributed by atoms with E-state index in [-0.39, 0.29) is 10.8 Å². The first kappa shape index (κ1) is 20.2. The molecule has 154 valence electrons. The molecule has 1 heterocycles. The second kappa shape index (κ2) is 8.71. The van der Waals surface area contributed by atoms with Crippen molar-refractivity contribution in [2.45, 2.75) is 24.2 Å². The molecule has 3 aromatic carbocycles. The summed E-state index contributed by atoms with van der Waals surface area (Å²) in [6, 6.07) is 23.7. The number of anilines is 1. The number of hydrogen-bond acceptors (Lipinski definition) is 3. The molecule has 0 atom stereocenters. The molecule has 0 aliphatic carbocycles. The molecular weight excluding hydrogens is 396 g/mol. The molecule has 0 unspecified atom stereocenters. The molecule has 30 heavy (non-hydrogen) atoms. The molecule has 0 saturated carbocycles. The normalized spacial score (nSPS) is 13.5. The topological polar surface area (TPSA) is 66.5 Å². The smallest absolute Gasteiger partial charge is 0.264 e. The van der Waals surface area contributed by atoms with E-state index in [4.69, 9.17) is 0 Å². The van der Waals surface area contributed by atoms with Gasteiger partial charge in [-0.1, -0.05) is 48.5 Å². The molecule has 0 bridgehead atoms. The van der Waals surface area contributed by atoms with E-state index in [0.29, 0.717) is 24.3 Å². The van der Waals surface area contributed by atoms with Gasteiger partial charge < -0.3 is 5.32 Å². The van der Waals surface area contributed by atoms with Crippen molar-refractivity contribution in [1.82, 2.24) is 5.32 Å². The van der Waals surface area contributed by atoms with E-state index in [1.807, 2.05) is 36.4 Å². The fraction of sp³-hybridized carbons (Fsp3) is 0.208. The SMILES string of the molecule is O=C(NCCc1ccccc1)c1ccc2c(c1)CCCN2S(=O)(=O)c1ccccc1. The number of carbonyl (C=O) groups is 1. The van der Waals surface area contributed by atoms with E-state index >= 15 is 0 Å². The zero-order valence-corrected chi connectivity index (χ0v) is 17.4. The summed E-state index contributed by atoms with van der Waals surface area (Å²) in [6.45, 7) is 0.987. The molecule has 0 fully saturated rings.